The smallest absolute Gasteiger partial charge is 0.317 e. The minimum atomic E-state index is -0.145. The summed E-state index contributed by atoms with van der Waals surface area (Å²) >= 11 is 5.83. The SMILES string of the molecule is C[C@H](CNC(=O)N(C)Cc1ccncc1)Oc1ccc(Cl)cc1. The molecule has 122 valence electrons. The molecule has 5 nitrogen and oxygen atoms in total. The van der Waals surface area contributed by atoms with Crippen molar-refractivity contribution in [3.8, 4) is 5.75 Å². The molecule has 0 fully saturated rings. The first kappa shape index (κ1) is 17.1. The molecule has 1 aromatic heterocycles. The fourth-order valence-corrected chi connectivity index (χ4v) is 2.11. The third-order valence-electron chi connectivity index (χ3n) is 3.21. The Hall–Kier alpha value is -2.27. The molecule has 2 aromatic rings. The van der Waals surface area contributed by atoms with Crippen LogP contribution in [-0.2, 0) is 6.54 Å². The van der Waals surface area contributed by atoms with Gasteiger partial charge in [-0.3, -0.25) is 4.98 Å². The third kappa shape index (κ3) is 5.79. The first-order valence-electron chi connectivity index (χ1n) is 7.34. The van der Waals surface area contributed by atoms with E-state index in [2.05, 4.69) is 10.3 Å². The Morgan fingerprint density at radius 3 is 2.57 bits per heavy atom. The molecule has 0 bridgehead atoms. The van der Waals surface area contributed by atoms with Gasteiger partial charge in [0.05, 0.1) is 6.54 Å². The van der Waals surface area contributed by atoms with E-state index >= 15 is 0 Å². The van der Waals surface area contributed by atoms with Gasteiger partial charge >= 0.3 is 6.03 Å². The summed E-state index contributed by atoms with van der Waals surface area (Å²) in [6.07, 6.45) is 3.28. The second kappa shape index (κ2) is 8.39. The van der Waals surface area contributed by atoms with Crippen molar-refractivity contribution in [1.82, 2.24) is 15.2 Å². The molecule has 1 aromatic carbocycles. The number of hydrogen-bond acceptors (Lipinski definition) is 3. The average molecular weight is 334 g/mol. The summed E-state index contributed by atoms with van der Waals surface area (Å²) in [5.74, 6) is 0.723. The van der Waals surface area contributed by atoms with Crippen molar-refractivity contribution < 1.29 is 9.53 Å². The lowest BCUT2D eigenvalue weighted by atomic mass is 10.2. The largest absolute Gasteiger partial charge is 0.489 e. The van der Waals surface area contributed by atoms with Crippen LogP contribution in [0.4, 0.5) is 4.79 Å². The predicted octanol–water partition coefficient (Wildman–Crippen LogP) is 3.34. The second-order valence-corrected chi connectivity index (χ2v) is 5.72. The summed E-state index contributed by atoms with van der Waals surface area (Å²) in [4.78, 5) is 17.6. The monoisotopic (exact) mass is 333 g/mol. The maximum absolute atomic E-state index is 12.1. The number of hydrogen-bond donors (Lipinski definition) is 1. The van der Waals surface area contributed by atoms with Gasteiger partial charge in [0, 0.05) is 31.0 Å². The molecule has 1 N–H and O–H groups in total. The van der Waals surface area contributed by atoms with E-state index in [9.17, 15) is 4.79 Å². The van der Waals surface area contributed by atoms with E-state index in [-0.39, 0.29) is 12.1 Å². The lowest BCUT2D eigenvalue weighted by Crippen LogP contribution is -2.41. The van der Waals surface area contributed by atoms with Gasteiger partial charge in [0.2, 0.25) is 0 Å². The van der Waals surface area contributed by atoms with Crippen LogP contribution in [0.25, 0.3) is 0 Å². The zero-order valence-electron chi connectivity index (χ0n) is 13.2. The molecule has 0 aliphatic carbocycles. The second-order valence-electron chi connectivity index (χ2n) is 5.28. The molecular weight excluding hydrogens is 314 g/mol. The molecule has 6 heteroatoms. The molecule has 23 heavy (non-hydrogen) atoms. The minimum Gasteiger partial charge on any atom is -0.489 e. The van der Waals surface area contributed by atoms with Gasteiger partial charge in [0.15, 0.2) is 0 Å². The van der Waals surface area contributed by atoms with Crippen LogP contribution in [0, 0.1) is 0 Å². The first-order valence-corrected chi connectivity index (χ1v) is 7.72. The number of nitrogens with zero attached hydrogens (tertiary/aromatic N) is 2. The van der Waals surface area contributed by atoms with Gasteiger partial charge in [-0.15, -0.1) is 0 Å². The number of ether oxygens (including phenoxy) is 1. The number of urea groups is 1. The Kier molecular flexibility index (Phi) is 6.23. The Bertz CT molecular complexity index is 619. The minimum absolute atomic E-state index is 0.144. The topological polar surface area (TPSA) is 54.5 Å². The fourth-order valence-electron chi connectivity index (χ4n) is 1.99. The molecule has 1 atom stereocenters. The van der Waals surface area contributed by atoms with Crippen molar-refractivity contribution >= 4 is 17.6 Å². The van der Waals surface area contributed by atoms with Crippen molar-refractivity contribution in [2.75, 3.05) is 13.6 Å². The van der Waals surface area contributed by atoms with Crippen LogP contribution >= 0.6 is 11.6 Å². The summed E-state index contributed by atoms with van der Waals surface area (Å²) in [5, 5.41) is 3.52. The van der Waals surface area contributed by atoms with Crippen LogP contribution in [0.5, 0.6) is 5.75 Å². The predicted molar refractivity (Wildman–Crippen MR) is 90.6 cm³/mol. The molecule has 2 rings (SSSR count). The molecular formula is C17H20ClN3O2. The Balaban J connectivity index is 1.75. The number of rotatable bonds is 6. The van der Waals surface area contributed by atoms with Crippen LogP contribution in [-0.4, -0.2) is 35.6 Å². The lowest BCUT2D eigenvalue weighted by molar-refractivity contribution is 0.188. The zero-order valence-corrected chi connectivity index (χ0v) is 14.0. The summed E-state index contributed by atoms with van der Waals surface area (Å²) in [7, 11) is 1.75. The highest BCUT2D eigenvalue weighted by Gasteiger charge is 2.11. The Morgan fingerprint density at radius 2 is 1.91 bits per heavy atom. The van der Waals surface area contributed by atoms with Crippen LogP contribution in [0.3, 0.4) is 0 Å². The maximum atomic E-state index is 12.1. The number of pyridine rings is 1. The quantitative estimate of drug-likeness (QED) is 0.882. The normalized spacial score (nSPS) is 11.6. The molecule has 2 amide bonds. The molecule has 0 unspecified atom stereocenters. The first-order chi connectivity index (χ1) is 11.0. The highest BCUT2D eigenvalue weighted by Crippen LogP contribution is 2.16. The van der Waals surface area contributed by atoms with Crippen molar-refractivity contribution in [2.45, 2.75) is 19.6 Å². The Labute approximate surface area is 141 Å². The van der Waals surface area contributed by atoms with Gasteiger partial charge in [0.25, 0.3) is 0 Å². The van der Waals surface area contributed by atoms with Crippen LogP contribution in [0.15, 0.2) is 48.8 Å². The summed E-state index contributed by atoms with van der Waals surface area (Å²) in [6.45, 7) is 2.85. The number of amides is 2. The van der Waals surface area contributed by atoms with E-state index < -0.39 is 0 Å². The highest BCUT2D eigenvalue weighted by atomic mass is 35.5. The average Bonchev–Trinajstić information content (AvgIpc) is 2.55. The number of carbonyl (C=O) groups excluding carboxylic acids is 1. The molecule has 0 radical (unpaired) electrons. The van der Waals surface area contributed by atoms with Crippen molar-refractivity contribution in [3.63, 3.8) is 0 Å². The van der Waals surface area contributed by atoms with E-state index in [1.165, 1.54) is 0 Å². The van der Waals surface area contributed by atoms with E-state index in [1.807, 2.05) is 19.1 Å². The molecule has 0 aliphatic rings. The summed E-state index contributed by atoms with van der Waals surface area (Å²) in [6, 6.07) is 10.8. The number of benzene rings is 1. The van der Waals surface area contributed by atoms with Crippen molar-refractivity contribution in [3.05, 3.63) is 59.4 Å². The maximum Gasteiger partial charge on any atom is 0.317 e. The molecule has 0 saturated carbocycles. The standard InChI is InChI=1S/C17H20ClN3O2/c1-13(23-16-5-3-15(18)4-6-16)11-20-17(22)21(2)12-14-7-9-19-10-8-14/h3-10,13H,11-12H2,1-2H3,(H,20,22)/t13-/m1/s1. The van der Waals surface area contributed by atoms with Gasteiger partial charge in [-0.2, -0.15) is 0 Å². The van der Waals surface area contributed by atoms with Crippen molar-refractivity contribution in [1.29, 1.82) is 0 Å². The van der Waals surface area contributed by atoms with E-state index in [4.69, 9.17) is 16.3 Å². The number of aromatic nitrogens is 1. The summed E-state index contributed by atoms with van der Waals surface area (Å²) < 4.78 is 5.72. The van der Waals surface area contributed by atoms with Crippen LogP contribution < -0.4 is 10.1 Å². The van der Waals surface area contributed by atoms with Gasteiger partial charge in [-0.05, 0) is 48.9 Å². The molecule has 0 saturated heterocycles. The molecule has 0 spiro atoms. The van der Waals surface area contributed by atoms with Gasteiger partial charge in [0.1, 0.15) is 11.9 Å². The zero-order chi connectivity index (χ0) is 16.7. The number of halogens is 1. The van der Waals surface area contributed by atoms with Gasteiger partial charge in [-0.25, -0.2) is 4.79 Å². The van der Waals surface area contributed by atoms with E-state index in [0.717, 1.165) is 11.3 Å². The van der Waals surface area contributed by atoms with Gasteiger partial charge in [-0.1, -0.05) is 11.6 Å². The van der Waals surface area contributed by atoms with Crippen LogP contribution in [0.2, 0.25) is 5.02 Å². The highest BCUT2D eigenvalue weighted by molar-refractivity contribution is 6.30. The third-order valence-corrected chi connectivity index (χ3v) is 3.46. The van der Waals surface area contributed by atoms with Crippen LogP contribution in [0.1, 0.15) is 12.5 Å². The number of carbonyl (C=O) groups is 1. The summed E-state index contributed by atoms with van der Waals surface area (Å²) in [5.41, 5.74) is 1.03. The lowest BCUT2D eigenvalue weighted by Gasteiger charge is -2.20. The van der Waals surface area contributed by atoms with Gasteiger partial charge < -0.3 is 15.0 Å². The molecule has 0 aliphatic heterocycles. The fraction of sp³-hybridized carbons (Fsp3) is 0.294. The Morgan fingerprint density at radius 1 is 1.26 bits per heavy atom. The molecule has 1 heterocycles. The van der Waals surface area contributed by atoms with Crippen molar-refractivity contribution in [2.24, 2.45) is 0 Å². The van der Waals surface area contributed by atoms with E-state index in [1.54, 1.807) is 48.6 Å². The number of nitrogens with one attached hydrogen (secondary N) is 1. The van der Waals surface area contributed by atoms with E-state index in [0.29, 0.717) is 18.1 Å².